The number of carbonyl (C=O) groups excluding carboxylic acids is 2. The van der Waals surface area contributed by atoms with Gasteiger partial charge in [-0.2, -0.15) is 9.61 Å². The number of thiophene rings is 1. The van der Waals surface area contributed by atoms with Crippen LogP contribution in [0.15, 0.2) is 47.6 Å². The molecule has 3 amide bonds. The van der Waals surface area contributed by atoms with Gasteiger partial charge in [-0.3, -0.25) is 10.1 Å². The maximum atomic E-state index is 14.1. The molecule has 9 nitrogen and oxygen atoms in total. The fourth-order valence-electron chi connectivity index (χ4n) is 4.10. The number of fused-ring (bicyclic) bond motifs is 1. The Morgan fingerprint density at radius 2 is 2.08 bits per heavy atom. The fourth-order valence-corrected chi connectivity index (χ4v) is 5.08. The number of anilines is 2. The topological polar surface area (TPSA) is 112 Å². The minimum absolute atomic E-state index is 0.133. The van der Waals surface area contributed by atoms with Gasteiger partial charge in [0.2, 0.25) is 0 Å². The van der Waals surface area contributed by atoms with Crippen molar-refractivity contribution < 1.29 is 14.0 Å². The van der Waals surface area contributed by atoms with Gasteiger partial charge < -0.3 is 16.0 Å². The summed E-state index contributed by atoms with van der Waals surface area (Å²) in [5.41, 5.74) is 4.14. The van der Waals surface area contributed by atoms with Gasteiger partial charge in [-0.05, 0) is 66.1 Å². The molecule has 0 bridgehead atoms. The Labute approximate surface area is 209 Å². The number of carbonyl (C=O) groups is 2. The summed E-state index contributed by atoms with van der Waals surface area (Å²) < 4.78 is 15.8. The fraction of sp³-hybridized carbons (Fsp3) is 0.200. The molecule has 2 fully saturated rings. The van der Waals surface area contributed by atoms with Crippen LogP contribution in [0.3, 0.4) is 0 Å². The number of imide groups is 1. The van der Waals surface area contributed by atoms with Crippen LogP contribution in [-0.2, 0) is 11.3 Å². The zero-order chi connectivity index (χ0) is 24.8. The van der Waals surface area contributed by atoms with E-state index in [1.807, 2.05) is 24.4 Å². The van der Waals surface area contributed by atoms with Crippen LogP contribution in [-0.4, -0.2) is 32.6 Å². The van der Waals surface area contributed by atoms with Crippen LogP contribution < -0.4 is 21.3 Å². The predicted molar refractivity (Wildman–Crippen MR) is 136 cm³/mol. The van der Waals surface area contributed by atoms with Gasteiger partial charge in [0.1, 0.15) is 23.1 Å². The first-order valence-corrected chi connectivity index (χ1v) is 12.4. The average Bonchev–Trinajstić information content (AvgIpc) is 3.26. The molecule has 4 N–H and O–H groups in total. The van der Waals surface area contributed by atoms with Gasteiger partial charge >= 0.3 is 6.03 Å². The van der Waals surface area contributed by atoms with E-state index in [0.717, 1.165) is 40.2 Å². The number of hydrogen-bond donors (Lipinski definition) is 4. The number of aromatic nitrogens is 3. The molecule has 182 valence electrons. The van der Waals surface area contributed by atoms with E-state index in [4.69, 9.17) is 4.98 Å². The van der Waals surface area contributed by atoms with Gasteiger partial charge in [-0.25, -0.2) is 14.2 Å². The van der Waals surface area contributed by atoms with Gasteiger partial charge in [-0.1, -0.05) is 6.07 Å². The first-order valence-electron chi connectivity index (χ1n) is 11.5. The van der Waals surface area contributed by atoms with Crippen molar-refractivity contribution in [2.45, 2.75) is 32.4 Å². The molecular weight excluding hydrogens is 481 g/mol. The summed E-state index contributed by atoms with van der Waals surface area (Å²) in [4.78, 5) is 29.3. The van der Waals surface area contributed by atoms with Crippen LogP contribution >= 0.6 is 11.3 Å². The Kier molecular flexibility index (Phi) is 5.41. The first-order chi connectivity index (χ1) is 17.4. The monoisotopic (exact) mass is 503 g/mol. The number of nitrogens with one attached hydrogen (secondary N) is 4. The standard InChI is InChI=1S/C25H22FN7O2S/c1-13-6-7-36-22(13)18-9-16(26)3-2-14(18)11-27-20-10-21(29-17-4-5-17)33-23(31-20)15(12-28-33)8-19-24(34)32-25(35)30-19/h2-3,6-10,12,17,29H,4-5,11H2,1H3,(H,27,31)(H2,30,32,34,35)/b19-8-. The molecule has 4 heterocycles. The lowest BCUT2D eigenvalue weighted by atomic mass is 10.0. The average molecular weight is 504 g/mol. The van der Waals surface area contributed by atoms with Gasteiger partial charge in [0.25, 0.3) is 5.91 Å². The second-order valence-corrected chi connectivity index (χ2v) is 9.75. The largest absolute Gasteiger partial charge is 0.367 e. The molecule has 3 aromatic heterocycles. The van der Waals surface area contributed by atoms with E-state index in [9.17, 15) is 14.0 Å². The first kappa shape index (κ1) is 22.2. The molecule has 0 atom stereocenters. The number of urea groups is 1. The SMILES string of the molecule is Cc1ccsc1-c1cc(F)ccc1CNc1cc(NC2CC2)n2ncc(/C=C3\NC(=O)NC3=O)c2n1. The number of nitrogens with zero attached hydrogens (tertiary/aromatic N) is 3. The summed E-state index contributed by atoms with van der Waals surface area (Å²) in [6.45, 7) is 2.45. The molecule has 0 unspecified atom stereocenters. The van der Waals surface area contributed by atoms with E-state index in [0.29, 0.717) is 29.6 Å². The number of hydrogen-bond acceptors (Lipinski definition) is 7. The molecule has 0 radical (unpaired) electrons. The quantitative estimate of drug-likeness (QED) is 0.221. The van der Waals surface area contributed by atoms with Crippen molar-refractivity contribution in [1.82, 2.24) is 25.2 Å². The molecule has 1 aliphatic carbocycles. The Bertz CT molecular complexity index is 1550. The second kappa shape index (κ2) is 8.76. The maximum absolute atomic E-state index is 14.1. The molecule has 11 heteroatoms. The molecule has 1 aliphatic heterocycles. The van der Waals surface area contributed by atoms with Gasteiger partial charge in [0.15, 0.2) is 5.65 Å². The van der Waals surface area contributed by atoms with Gasteiger partial charge in [-0.15, -0.1) is 11.3 Å². The summed E-state index contributed by atoms with van der Waals surface area (Å²) in [6.07, 6.45) is 5.32. The number of rotatable bonds is 7. The third-order valence-electron chi connectivity index (χ3n) is 6.09. The molecule has 1 saturated heterocycles. The summed E-state index contributed by atoms with van der Waals surface area (Å²) in [7, 11) is 0. The van der Waals surface area contributed by atoms with E-state index in [1.165, 1.54) is 6.07 Å². The number of aryl methyl sites for hydroxylation is 1. The van der Waals surface area contributed by atoms with E-state index < -0.39 is 11.9 Å². The van der Waals surface area contributed by atoms with Crippen molar-refractivity contribution in [3.05, 3.63) is 70.1 Å². The van der Waals surface area contributed by atoms with Crippen LogP contribution in [0.5, 0.6) is 0 Å². The summed E-state index contributed by atoms with van der Waals surface area (Å²) in [5, 5.41) is 18.0. The Balaban J connectivity index is 1.35. The van der Waals surface area contributed by atoms with Crippen molar-refractivity contribution in [3.63, 3.8) is 0 Å². The maximum Gasteiger partial charge on any atom is 0.326 e. The molecular formula is C25H22FN7O2S. The minimum atomic E-state index is -0.565. The van der Waals surface area contributed by atoms with E-state index in [-0.39, 0.29) is 11.5 Å². The molecule has 1 aromatic carbocycles. The highest BCUT2D eigenvalue weighted by Crippen LogP contribution is 2.33. The zero-order valence-electron chi connectivity index (χ0n) is 19.3. The summed E-state index contributed by atoms with van der Waals surface area (Å²) >= 11 is 1.58. The number of benzene rings is 1. The van der Waals surface area contributed by atoms with Crippen molar-refractivity contribution >= 4 is 46.6 Å². The molecule has 1 saturated carbocycles. The van der Waals surface area contributed by atoms with E-state index >= 15 is 0 Å². The normalized spacial score (nSPS) is 16.4. The van der Waals surface area contributed by atoms with Crippen LogP contribution in [0.1, 0.15) is 29.5 Å². The number of amides is 3. The highest BCUT2D eigenvalue weighted by atomic mass is 32.1. The molecule has 4 aromatic rings. The highest BCUT2D eigenvalue weighted by Gasteiger charge is 2.25. The lowest BCUT2D eigenvalue weighted by molar-refractivity contribution is -0.115. The van der Waals surface area contributed by atoms with Crippen molar-refractivity contribution in [1.29, 1.82) is 0 Å². The lowest BCUT2D eigenvalue weighted by Gasteiger charge is -2.14. The number of halogens is 1. The van der Waals surface area contributed by atoms with Crippen LogP contribution in [0.4, 0.5) is 20.8 Å². The molecule has 2 aliphatic rings. The third kappa shape index (κ3) is 4.29. The summed E-state index contributed by atoms with van der Waals surface area (Å²) in [6, 6.07) is 8.53. The van der Waals surface area contributed by atoms with Crippen LogP contribution in [0.2, 0.25) is 0 Å². The van der Waals surface area contributed by atoms with E-state index in [1.54, 1.807) is 40.3 Å². The predicted octanol–water partition coefficient (Wildman–Crippen LogP) is 4.27. The van der Waals surface area contributed by atoms with Crippen molar-refractivity contribution in [2.75, 3.05) is 10.6 Å². The third-order valence-corrected chi connectivity index (χ3v) is 7.14. The van der Waals surface area contributed by atoms with E-state index in [2.05, 4.69) is 26.4 Å². The van der Waals surface area contributed by atoms with Crippen LogP contribution in [0.25, 0.3) is 22.2 Å². The Morgan fingerprint density at radius 3 is 2.81 bits per heavy atom. The molecule has 0 spiro atoms. The Morgan fingerprint density at radius 1 is 1.22 bits per heavy atom. The lowest BCUT2D eigenvalue weighted by Crippen LogP contribution is -2.22. The Hall–Kier alpha value is -4.25. The highest BCUT2D eigenvalue weighted by molar-refractivity contribution is 7.13. The molecule has 36 heavy (non-hydrogen) atoms. The minimum Gasteiger partial charge on any atom is -0.367 e. The second-order valence-electron chi connectivity index (χ2n) is 8.83. The zero-order valence-corrected chi connectivity index (χ0v) is 20.1. The molecule has 6 rings (SSSR count). The van der Waals surface area contributed by atoms with Crippen molar-refractivity contribution in [2.24, 2.45) is 0 Å². The smallest absolute Gasteiger partial charge is 0.326 e. The van der Waals surface area contributed by atoms with Crippen LogP contribution in [0, 0.1) is 12.7 Å². The van der Waals surface area contributed by atoms with Crippen molar-refractivity contribution in [3.8, 4) is 10.4 Å². The summed E-state index contributed by atoms with van der Waals surface area (Å²) in [5.74, 6) is 0.585. The van der Waals surface area contributed by atoms with Gasteiger partial charge in [0.05, 0.1) is 6.20 Å². The van der Waals surface area contributed by atoms with Gasteiger partial charge in [0, 0.05) is 29.1 Å².